The summed E-state index contributed by atoms with van der Waals surface area (Å²) in [5.74, 6) is -0.218. The van der Waals surface area contributed by atoms with Gasteiger partial charge in [0, 0.05) is 11.6 Å². The third kappa shape index (κ3) is 1.53. The highest BCUT2D eigenvalue weighted by Gasteiger charge is 2.37. The van der Waals surface area contributed by atoms with Crippen molar-refractivity contribution in [2.24, 2.45) is 5.73 Å². The number of benzene rings is 1. The normalized spacial score (nSPS) is 32.1. The Morgan fingerprint density at radius 3 is 2.79 bits per heavy atom. The van der Waals surface area contributed by atoms with Crippen LogP contribution in [0.4, 0.5) is 4.39 Å². The van der Waals surface area contributed by atoms with E-state index in [9.17, 15) is 4.39 Å². The summed E-state index contributed by atoms with van der Waals surface area (Å²) in [6, 6.07) is 6.72. The van der Waals surface area contributed by atoms with Gasteiger partial charge in [-0.3, -0.25) is 0 Å². The van der Waals surface area contributed by atoms with Crippen molar-refractivity contribution in [3.05, 3.63) is 35.6 Å². The molecule has 0 aromatic heterocycles. The lowest BCUT2D eigenvalue weighted by Crippen LogP contribution is -2.24. The third-order valence-electron chi connectivity index (χ3n) is 2.71. The number of halogens is 1. The predicted octanol–water partition coefficient (Wildman–Crippen LogP) is 1.79. The molecule has 1 aromatic rings. The van der Waals surface area contributed by atoms with Crippen molar-refractivity contribution in [2.45, 2.75) is 25.0 Å². The Morgan fingerprint density at radius 2 is 2.21 bits per heavy atom. The molecule has 2 N–H and O–H groups in total. The molecular weight excluding hydrogens is 181 g/mol. The molecule has 0 saturated carbocycles. The minimum absolute atomic E-state index is 0.0135. The lowest BCUT2D eigenvalue weighted by molar-refractivity contribution is 0.0136. The fourth-order valence-corrected chi connectivity index (χ4v) is 1.99. The summed E-state index contributed by atoms with van der Waals surface area (Å²) in [6.07, 6.45) is 0.675. The molecule has 0 radical (unpaired) electrons. The molecule has 2 atom stereocenters. The molecule has 0 aliphatic carbocycles. The predicted molar refractivity (Wildman–Crippen MR) is 52.3 cm³/mol. The highest BCUT2D eigenvalue weighted by atomic mass is 19.1. The molecule has 1 aliphatic heterocycles. The first-order chi connectivity index (χ1) is 6.62. The Kier molecular flexibility index (Phi) is 2.29. The first kappa shape index (κ1) is 9.62. The molecule has 3 heteroatoms. The lowest BCUT2D eigenvalue weighted by Gasteiger charge is -2.24. The van der Waals surface area contributed by atoms with Crippen molar-refractivity contribution in [3.8, 4) is 0 Å². The van der Waals surface area contributed by atoms with E-state index in [1.54, 1.807) is 12.1 Å². The van der Waals surface area contributed by atoms with Crippen molar-refractivity contribution in [1.82, 2.24) is 0 Å². The molecule has 1 fully saturated rings. The molecule has 1 aromatic carbocycles. The van der Waals surface area contributed by atoms with Crippen LogP contribution < -0.4 is 5.73 Å². The van der Waals surface area contributed by atoms with E-state index in [4.69, 9.17) is 10.5 Å². The maximum absolute atomic E-state index is 13.5. The largest absolute Gasteiger partial charge is 0.369 e. The van der Waals surface area contributed by atoms with Gasteiger partial charge in [0.05, 0.1) is 12.2 Å². The summed E-state index contributed by atoms with van der Waals surface area (Å²) < 4.78 is 19.0. The molecule has 1 aliphatic rings. The first-order valence-corrected chi connectivity index (χ1v) is 4.76. The van der Waals surface area contributed by atoms with Crippen molar-refractivity contribution >= 4 is 0 Å². The van der Waals surface area contributed by atoms with Crippen LogP contribution in [0.1, 0.15) is 18.9 Å². The van der Waals surface area contributed by atoms with Gasteiger partial charge in [0.15, 0.2) is 0 Å². The Bertz CT molecular complexity index is 342. The third-order valence-corrected chi connectivity index (χ3v) is 2.71. The number of hydrogen-bond donors (Lipinski definition) is 1. The van der Waals surface area contributed by atoms with E-state index in [-0.39, 0.29) is 11.9 Å². The molecule has 76 valence electrons. The summed E-state index contributed by atoms with van der Waals surface area (Å²) >= 11 is 0. The summed E-state index contributed by atoms with van der Waals surface area (Å²) in [5.41, 5.74) is 5.80. The molecule has 0 spiro atoms. The van der Waals surface area contributed by atoms with Crippen LogP contribution in [0.15, 0.2) is 24.3 Å². The Labute approximate surface area is 82.9 Å². The van der Waals surface area contributed by atoms with E-state index in [0.29, 0.717) is 18.6 Å². The van der Waals surface area contributed by atoms with Gasteiger partial charge in [-0.05, 0) is 19.4 Å². The monoisotopic (exact) mass is 195 g/mol. The zero-order valence-electron chi connectivity index (χ0n) is 8.16. The summed E-state index contributed by atoms with van der Waals surface area (Å²) in [7, 11) is 0. The van der Waals surface area contributed by atoms with E-state index >= 15 is 0 Å². The van der Waals surface area contributed by atoms with Gasteiger partial charge in [0.2, 0.25) is 0 Å². The second kappa shape index (κ2) is 3.33. The topological polar surface area (TPSA) is 35.2 Å². The van der Waals surface area contributed by atoms with Crippen LogP contribution in [0.2, 0.25) is 0 Å². The molecule has 2 rings (SSSR count). The molecular formula is C11H14FNO. The van der Waals surface area contributed by atoms with Crippen molar-refractivity contribution in [3.63, 3.8) is 0 Å². The van der Waals surface area contributed by atoms with Crippen LogP contribution in [0.25, 0.3) is 0 Å². The van der Waals surface area contributed by atoms with Gasteiger partial charge in [-0.15, -0.1) is 0 Å². The van der Waals surface area contributed by atoms with E-state index in [1.807, 2.05) is 13.0 Å². The second-order valence-electron chi connectivity index (χ2n) is 3.99. The molecule has 14 heavy (non-hydrogen) atoms. The SMILES string of the molecule is CC1(c2ccccc2F)CC(N)CO1. The van der Waals surface area contributed by atoms with Crippen LogP contribution in [0.5, 0.6) is 0 Å². The summed E-state index contributed by atoms with van der Waals surface area (Å²) in [4.78, 5) is 0. The van der Waals surface area contributed by atoms with Gasteiger partial charge < -0.3 is 10.5 Å². The van der Waals surface area contributed by atoms with Crippen LogP contribution in [-0.2, 0) is 10.3 Å². The number of nitrogens with two attached hydrogens (primary N) is 1. The fraction of sp³-hybridized carbons (Fsp3) is 0.455. The second-order valence-corrected chi connectivity index (χ2v) is 3.99. The average molecular weight is 195 g/mol. The fourth-order valence-electron chi connectivity index (χ4n) is 1.99. The van der Waals surface area contributed by atoms with Gasteiger partial charge in [-0.25, -0.2) is 4.39 Å². The number of hydrogen-bond acceptors (Lipinski definition) is 2. The van der Waals surface area contributed by atoms with Crippen LogP contribution in [0.3, 0.4) is 0 Å². The highest BCUT2D eigenvalue weighted by molar-refractivity contribution is 5.25. The van der Waals surface area contributed by atoms with Gasteiger partial charge in [0.1, 0.15) is 5.82 Å². The van der Waals surface area contributed by atoms with Crippen molar-refractivity contribution < 1.29 is 9.13 Å². The quantitative estimate of drug-likeness (QED) is 0.741. The van der Waals surface area contributed by atoms with E-state index in [2.05, 4.69) is 0 Å². The first-order valence-electron chi connectivity index (χ1n) is 4.76. The smallest absolute Gasteiger partial charge is 0.129 e. The average Bonchev–Trinajstić information content (AvgIpc) is 2.48. The molecule has 0 amide bonds. The maximum atomic E-state index is 13.5. The van der Waals surface area contributed by atoms with Gasteiger partial charge in [-0.1, -0.05) is 18.2 Å². The van der Waals surface area contributed by atoms with Crippen molar-refractivity contribution in [1.29, 1.82) is 0 Å². The molecule has 2 unspecified atom stereocenters. The van der Waals surface area contributed by atoms with Gasteiger partial charge >= 0.3 is 0 Å². The number of rotatable bonds is 1. The Hall–Kier alpha value is -0.930. The van der Waals surface area contributed by atoms with E-state index in [0.717, 1.165) is 0 Å². The number of ether oxygens (including phenoxy) is 1. The van der Waals surface area contributed by atoms with Crippen LogP contribution >= 0.6 is 0 Å². The maximum Gasteiger partial charge on any atom is 0.129 e. The van der Waals surface area contributed by atoms with E-state index < -0.39 is 5.60 Å². The minimum atomic E-state index is -0.551. The van der Waals surface area contributed by atoms with Gasteiger partial charge in [0.25, 0.3) is 0 Å². The molecule has 1 heterocycles. The highest BCUT2D eigenvalue weighted by Crippen LogP contribution is 2.36. The summed E-state index contributed by atoms with van der Waals surface area (Å²) in [6.45, 7) is 2.39. The van der Waals surface area contributed by atoms with Crippen LogP contribution in [-0.4, -0.2) is 12.6 Å². The minimum Gasteiger partial charge on any atom is -0.369 e. The molecule has 1 saturated heterocycles. The van der Waals surface area contributed by atoms with Crippen LogP contribution in [0, 0.1) is 5.82 Å². The zero-order valence-corrected chi connectivity index (χ0v) is 8.16. The van der Waals surface area contributed by atoms with Crippen molar-refractivity contribution in [2.75, 3.05) is 6.61 Å². The van der Waals surface area contributed by atoms with Gasteiger partial charge in [-0.2, -0.15) is 0 Å². The Morgan fingerprint density at radius 1 is 1.50 bits per heavy atom. The zero-order chi connectivity index (χ0) is 10.2. The molecule has 0 bridgehead atoms. The molecule has 2 nitrogen and oxygen atoms in total. The Balaban J connectivity index is 2.35. The summed E-state index contributed by atoms with van der Waals surface area (Å²) in [5, 5.41) is 0. The lowest BCUT2D eigenvalue weighted by atomic mass is 9.91. The van der Waals surface area contributed by atoms with E-state index in [1.165, 1.54) is 6.07 Å². The standard InChI is InChI=1S/C11H14FNO/c1-11(6-8(13)7-14-11)9-4-2-3-5-10(9)12/h2-5,8H,6-7,13H2,1H3.